The summed E-state index contributed by atoms with van der Waals surface area (Å²) < 4.78 is 21.5. The third-order valence-corrected chi connectivity index (χ3v) is 6.07. The summed E-state index contributed by atoms with van der Waals surface area (Å²) in [4.78, 5) is 29.5. The molecule has 2 heterocycles. The summed E-state index contributed by atoms with van der Waals surface area (Å²) in [5.41, 5.74) is 3.42. The van der Waals surface area contributed by atoms with E-state index in [0.717, 1.165) is 24.3 Å². The minimum atomic E-state index is -0.341. The normalized spacial score (nSPS) is 11.0. The molecule has 2 N–H and O–H groups in total. The van der Waals surface area contributed by atoms with Crippen LogP contribution in [-0.4, -0.2) is 71.7 Å². The van der Waals surface area contributed by atoms with Crippen molar-refractivity contribution in [3.63, 3.8) is 0 Å². The van der Waals surface area contributed by atoms with Gasteiger partial charge in [0.1, 0.15) is 17.9 Å². The van der Waals surface area contributed by atoms with Gasteiger partial charge in [0.15, 0.2) is 5.82 Å². The number of hydrogen-bond donors (Lipinski definition) is 2. The number of aromatic nitrogens is 4. The van der Waals surface area contributed by atoms with Gasteiger partial charge in [-0.1, -0.05) is 6.58 Å². The molecule has 11 heteroatoms. The number of aryl methyl sites for hydroxylation is 1. The van der Waals surface area contributed by atoms with Gasteiger partial charge in [0.05, 0.1) is 24.2 Å². The van der Waals surface area contributed by atoms with Gasteiger partial charge in [0.25, 0.3) is 0 Å². The molecule has 0 saturated heterocycles. The van der Waals surface area contributed by atoms with Gasteiger partial charge in [0.2, 0.25) is 11.9 Å². The largest absolute Gasteiger partial charge is 0.494 e. The highest BCUT2D eigenvalue weighted by atomic mass is 19.1. The van der Waals surface area contributed by atoms with Gasteiger partial charge in [0, 0.05) is 55.9 Å². The van der Waals surface area contributed by atoms with Crippen molar-refractivity contribution in [2.75, 3.05) is 56.9 Å². The van der Waals surface area contributed by atoms with Crippen LogP contribution in [0.3, 0.4) is 0 Å². The Morgan fingerprint density at radius 1 is 1.16 bits per heavy atom. The number of nitrogens with zero attached hydrogens (tertiary/aromatic N) is 6. The van der Waals surface area contributed by atoms with Gasteiger partial charge < -0.3 is 29.7 Å². The van der Waals surface area contributed by atoms with Gasteiger partial charge in [-0.05, 0) is 44.4 Å². The number of benzene rings is 2. The number of halogens is 1. The van der Waals surface area contributed by atoms with Crippen molar-refractivity contribution in [2.24, 2.45) is 7.05 Å². The Balaban J connectivity index is 1.72. The van der Waals surface area contributed by atoms with Gasteiger partial charge in [-0.2, -0.15) is 4.98 Å². The minimum Gasteiger partial charge on any atom is -0.494 e. The summed E-state index contributed by atoms with van der Waals surface area (Å²) in [6, 6.07) is 8.20. The van der Waals surface area contributed by atoms with Crippen LogP contribution in [0.2, 0.25) is 0 Å². The van der Waals surface area contributed by atoms with Crippen molar-refractivity contribution < 1.29 is 13.9 Å². The standard InChI is InChI=1S/C27H31FN8O2/c1-7-25(37)31-20-13-21(24(38-6)14-23(20)35(4)11-10-34(2)3)32-27-30-16-29-26(33-27)19-15-36(5)22-9-8-17(28)12-18(19)22/h7-9,12-16H,1,10-11H2,2-6H3,(H,31,37)(H,29,30,32,33). The molecule has 0 fully saturated rings. The first-order valence-corrected chi connectivity index (χ1v) is 11.9. The Morgan fingerprint density at radius 3 is 2.66 bits per heavy atom. The molecule has 1 amide bonds. The van der Waals surface area contributed by atoms with Crippen LogP contribution < -0.4 is 20.3 Å². The number of rotatable bonds is 10. The van der Waals surface area contributed by atoms with E-state index in [-0.39, 0.29) is 17.7 Å². The molecule has 2 aromatic carbocycles. The summed E-state index contributed by atoms with van der Waals surface area (Å²) in [6.45, 7) is 5.10. The molecule has 0 aliphatic rings. The predicted octanol–water partition coefficient (Wildman–Crippen LogP) is 4.04. The molecular weight excluding hydrogens is 487 g/mol. The van der Waals surface area contributed by atoms with Crippen molar-refractivity contribution in [3.05, 3.63) is 61.3 Å². The van der Waals surface area contributed by atoms with E-state index in [2.05, 4.69) is 37.1 Å². The van der Waals surface area contributed by atoms with Crippen LogP contribution in [0.1, 0.15) is 0 Å². The fourth-order valence-corrected chi connectivity index (χ4v) is 4.06. The summed E-state index contributed by atoms with van der Waals surface area (Å²) in [7, 11) is 9.39. The SMILES string of the molecule is C=CC(=O)Nc1cc(Nc2ncnc(-c3cn(C)c4ccc(F)cc34)n2)c(OC)cc1N(C)CCN(C)C. The van der Waals surface area contributed by atoms with Gasteiger partial charge >= 0.3 is 0 Å². The molecule has 0 aliphatic heterocycles. The van der Waals surface area contributed by atoms with E-state index in [1.165, 1.54) is 24.5 Å². The predicted molar refractivity (Wildman–Crippen MR) is 149 cm³/mol. The third kappa shape index (κ3) is 5.73. The molecule has 2 aromatic heterocycles. The average molecular weight is 519 g/mol. The first-order valence-electron chi connectivity index (χ1n) is 11.9. The van der Waals surface area contributed by atoms with Gasteiger partial charge in [-0.3, -0.25) is 4.79 Å². The Bertz CT molecular complexity index is 1480. The number of anilines is 4. The summed E-state index contributed by atoms with van der Waals surface area (Å²) in [6.07, 6.45) is 4.45. The molecule has 0 bridgehead atoms. The Morgan fingerprint density at radius 2 is 1.95 bits per heavy atom. The van der Waals surface area contributed by atoms with E-state index >= 15 is 0 Å². The van der Waals surface area contributed by atoms with E-state index < -0.39 is 0 Å². The molecule has 0 saturated carbocycles. The van der Waals surface area contributed by atoms with Crippen molar-refractivity contribution in [1.82, 2.24) is 24.4 Å². The van der Waals surface area contributed by atoms with Crippen LogP contribution in [0.4, 0.5) is 27.4 Å². The fourth-order valence-electron chi connectivity index (χ4n) is 4.06. The van der Waals surface area contributed by atoms with Crippen LogP contribution in [0, 0.1) is 5.82 Å². The second-order valence-electron chi connectivity index (χ2n) is 9.06. The number of ether oxygens (including phenoxy) is 1. The Hall–Kier alpha value is -4.51. The first kappa shape index (κ1) is 26.6. The highest BCUT2D eigenvalue weighted by Crippen LogP contribution is 2.38. The molecule has 0 radical (unpaired) electrons. The number of carbonyl (C=O) groups is 1. The minimum absolute atomic E-state index is 0.261. The van der Waals surface area contributed by atoms with E-state index in [1.54, 1.807) is 19.2 Å². The number of carbonyl (C=O) groups excluding carboxylic acids is 1. The molecule has 10 nitrogen and oxygen atoms in total. The lowest BCUT2D eigenvalue weighted by atomic mass is 10.1. The third-order valence-electron chi connectivity index (χ3n) is 6.07. The molecule has 4 aromatic rings. The van der Waals surface area contributed by atoms with Crippen molar-refractivity contribution in [1.29, 1.82) is 0 Å². The first-order chi connectivity index (χ1) is 18.2. The highest BCUT2D eigenvalue weighted by Gasteiger charge is 2.18. The van der Waals surface area contributed by atoms with Crippen molar-refractivity contribution in [3.8, 4) is 17.1 Å². The molecular formula is C27H31FN8O2. The molecule has 0 spiro atoms. The fraction of sp³-hybridized carbons (Fsp3) is 0.259. The quantitative estimate of drug-likeness (QED) is 0.304. The summed E-state index contributed by atoms with van der Waals surface area (Å²) in [5.74, 6) is 0.498. The average Bonchev–Trinajstić information content (AvgIpc) is 3.22. The maximum Gasteiger partial charge on any atom is 0.247 e. The Labute approximate surface area is 220 Å². The van der Waals surface area contributed by atoms with Crippen LogP contribution in [0.15, 0.2) is 55.5 Å². The zero-order valence-corrected chi connectivity index (χ0v) is 22.1. The molecule has 0 unspecified atom stereocenters. The van der Waals surface area contributed by atoms with Gasteiger partial charge in [-0.15, -0.1) is 0 Å². The van der Waals surface area contributed by atoms with Crippen LogP contribution in [0.5, 0.6) is 5.75 Å². The monoisotopic (exact) mass is 518 g/mol. The zero-order valence-electron chi connectivity index (χ0n) is 22.1. The molecule has 198 valence electrons. The smallest absolute Gasteiger partial charge is 0.247 e. The number of likely N-dealkylation sites (N-methyl/N-ethyl adjacent to an activating group) is 2. The zero-order chi connectivity index (χ0) is 27.4. The lowest BCUT2D eigenvalue weighted by molar-refractivity contribution is -0.111. The number of amides is 1. The maximum atomic E-state index is 14.0. The second kappa shape index (κ2) is 11.3. The summed E-state index contributed by atoms with van der Waals surface area (Å²) in [5, 5.41) is 6.74. The second-order valence-corrected chi connectivity index (χ2v) is 9.06. The topological polar surface area (TPSA) is 100 Å². The van der Waals surface area contributed by atoms with Crippen LogP contribution in [0.25, 0.3) is 22.3 Å². The number of hydrogen-bond acceptors (Lipinski definition) is 8. The van der Waals surface area contributed by atoms with Gasteiger partial charge in [-0.25, -0.2) is 14.4 Å². The number of fused-ring (bicyclic) bond motifs is 1. The van der Waals surface area contributed by atoms with E-state index in [0.29, 0.717) is 33.9 Å². The molecule has 0 aliphatic carbocycles. The lowest BCUT2D eigenvalue weighted by Gasteiger charge is -2.25. The van der Waals surface area contributed by atoms with E-state index in [9.17, 15) is 9.18 Å². The van der Waals surface area contributed by atoms with Crippen LogP contribution in [-0.2, 0) is 11.8 Å². The molecule has 0 atom stereocenters. The summed E-state index contributed by atoms with van der Waals surface area (Å²) >= 11 is 0. The Kier molecular flexibility index (Phi) is 7.87. The van der Waals surface area contributed by atoms with Crippen molar-refractivity contribution in [2.45, 2.75) is 0 Å². The maximum absolute atomic E-state index is 14.0. The number of nitrogens with one attached hydrogen (secondary N) is 2. The molecule has 4 rings (SSSR count). The molecule has 38 heavy (non-hydrogen) atoms. The van der Waals surface area contributed by atoms with Crippen LogP contribution >= 0.6 is 0 Å². The number of methoxy groups -OCH3 is 1. The van der Waals surface area contributed by atoms with Crippen molar-refractivity contribution >= 4 is 39.8 Å². The van der Waals surface area contributed by atoms with E-state index in [1.807, 2.05) is 49.9 Å². The van der Waals surface area contributed by atoms with E-state index in [4.69, 9.17) is 4.74 Å². The lowest BCUT2D eigenvalue weighted by Crippen LogP contribution is -2.29. The highest BCUT2D eigenvalue weighted by molar-refractivity contribution is 6.02.